The average molecular weight is 330 g/mol. The topological polar surface area (TPSA) is 81.4 Å². The number of hydrogen-bond acceptors (Lipinski definition) is 4. The van der Waals surface area contributed by atoms with Gasteiger partial charge in [0.15, 0.2) is 0 Å². The Morgan fingerprint density at radius 2 is 1.95 bits per heavy atom. The summed E-state index contributed by atoms with van der Waals surface area (Å²) < 4.78 is 79.0. The number of hydrogen-bond donors (Lipinski definition) is 2. The van der Waals surface area contributed by atoms with Crippen LogP contribution in [0.2, 0.25) is 0 Å². The number of halogens is 4. The summed E-state index contributed by atoms with van der Waals surface area (Å²) in [5.74, 6) is -0.770. The largest absolute Gasteiger partial charge is 0.411 e. The molecule has 0 heterocycles. The van der Waals surface area contributed by atoms with Gasteiger partial charge < -0.3 is 10.5 Å². The molecule has 1 rings (SSSR count). The van der Waals surface area contributed by atoms with Gasteiger partial charge in [0.25, 0.3) is 0 Å². The Labute approximate surface area is 119 Å². The van der Waals surface area contributed by atoms with Crippen LogP contribution in [0.1, 0.15) is 5.56 Å². The number of sulfonamides is 1. The average Bonchev–Trinajstić information content (AvgIpc) is 2.36. The van der Waals surface area contributed by atoms with Gasteiger partial charge in [-0.05, 0) is 12.1 Å². The molecule has 0 aromatic heterocycles. The molecule has 1 aromatic rings. The van der Waals surface area contributed by atoms with Gasteiger partial charge in [-0.1, -0.05) is 6.07 Å². The molecule has 0 bridgehead atoms. The molecule has 3 N–H and O–H groups in total. The van der Waals surface area contributed by atoms with Crippen LogP contribution >= 0.6 is 0 Å². The molecule has 0 saturated heterocycles. The molecule has 120 valence electrons. The predicted octanol–water partition coefficient (Wildman–Crippen LogP) is 1.14. The summed E-state index contributed by atoms with van der Waals surface area (Å²) in [6.45, 7) is -2.64. The molecule has 21 heavy (non-hydrogen) atoms. The minimum Gasteiger partial charge on any atom is -0.371 e. The monoisotopic (exact) mass is 330 g/mol. The third-order valence-corrected chi connectivity index (χ3v) is 3.92. The molecule has 0 radical (unpaired) electrons. The fourth-order valence-electron chi connectivity index (χ4n) is 1.50. The maximum absolute atomic E-state index is 13.4. The van der Waals surface area contributed by atoms with E-state index in [1.165, 1.54) is 6.07 Å². The number of nitrogens with one attached hydrogen (secondary N) is 1. The van der Waals surface area contributed by atoms with Gasteiger partial charge in [0.1, 0.15) is 12.4 Å². The second-order valence-corrected chi connectivity index (χ2v) is 5.72. The first-order valence-corrected chi connectivity index (χ1v) is 7.27. The van der Waals surface area contributed by atoms with Crippen molar-refractivity contribution in [3.05, 3.63) is 29.6 Å². The van der Waals surface area contributed by atoms with E-state index in [-0.39, 0.29) is 23.5 Å². The summed E-state index contributed by atoms with van der Waals surface area (Å²) >= 11 is 0. The first-order chi connectivity index (χ1) is 9.67. The number of rotatable bonds is 7. The maximum atomic E-state index is 13.4. The molecule has 0 aliphatic rings. The molecule has 10 heteroatoms. The van der Waals surface area contributed by atoms with Crippen LogP contribution in [0.5, 0.6) is 0 Å². The fraction of sp³-hybridized carbons (Fsp3) is 0.455. The Morgan fingerprint density at radius 3 is 2.52 bits per heavy atom. The van der Waals surface area contributed by atoms with E-state index >= 15 is 0 Å². The quantitative estimate of drug-likeness (QED) is 0.580. The van der Waals surface area contributed by atoms with Crippen LogP contribution in [-0.4, -0.2) is 34.4 Å². The normalized spacial score (nSPS) is 12.6. The highest BCUT2D eigenvalue weighted by Gasteiger charge is 2.27. The minimum absolute atomic E-state index is 0.193. The van der Waals surface area contributed by atoms with Crippen molar-refractivity contribution >= 4 is 10.0 Å². The van der Waals surface area contributed by atoms with E-state index in [1.807, 2.05) is 4.72 Å². The minimum atomic E-state index is -4.48. The summed E-state index contributed by atoms with van der Waals surface area (Å²) in [5.41, 5.74) is 5.10. The second kappa shape index (κ2) is 7.16. The van der Waals surface area contributed by atoms with E-state index in [1.54, 1.807) is 0 Å². The predicted molar refractivity (Wildman–Crippen MR) is 66.4 cm³/mol. The van der Waals surface area contributed by atoms with Crippen LogP contribution in [0.25, 0.3) is 0 Å². The van der Waals surface area contributed by atoms with Crippen LogP contribution in [0.15, 0.2) is 23.1 Å². The highest BCUT2D eigenvalue weighted by molar-refractivity contribution is 7.89. The van der Waals surface area contributed by atoms with Crippen molar-refractivity contribution in [2.45, 2.75) is 17.6 Å². The van der Waals surface area contributed by atoms with Gasteiger partial charge in [-0.25, -0.2) is 17.5 Å². The number of alkyl halides is 3. The van der Waals surface area contributed by atoms with Gasteiger partial charge in [0, 0.05) is 18.7 Å². The van der Waals surface area contributed by atoms with Crippen molar-refractivity contribution in [3.8, 4) is 0 Å². The van der Waals surface area contributed by atoms with Crippen molar-refractivity contribution in [1.29, 1.82) is 0 Å². The van der Waals surface area contributed by atoms with Gasteiger partial charge in [-0.3, -0.25) is 0 Å². The smallest absolute Gasteiger partial charge is 0.371 e. The Morgan fingerprint density at radius 1 is 1.29 bits per heavy atom. The second-order valence-electron chi connectivity index (χ2n) is 3.99. The lowest BCUT2D eigenvalue weighted by Gasteiger charge is -2.12. The molecular formula is C11H14F4N2O3S. The fourth-order valence-corrected chi connectivity index (χ4v) is 2.77. The third kappa shape index (κ3) is 5.58. The lowest BCUT2D eigenvalue weighted by molar-refractivity contribution is -0.173. The zero-order valence-corrected chi connectivity index (χ0v) is 11.6. The highest BCUT2D eigenvalue weighted by atomic mass is 32.2. The van der Waals surface area contributed by atoms with Gasteiger partial charge in [-0.2, -0.15) is 13.2 Å². The Bertz CT molecular complexity index is 575. The van der Waals surface area contributed by atoms with Gasteiger partial charge in [0.05, 0.1) is 11.5 Å². The zero-order chi connectivity index (χ0) is 16.1. The Balaban J connectivity index is 2.65. The van der Waals surface area contributed by atoms with Gasteiger partial charge in [-0.15, -0.1) is 0 Å². The number of benzene rings is 1. The lowest BCUT2D eigenvalue weighted by Crippen LogP contribution is -2.30. The van der Waals surface area contributed by atoms with Crippen LogP contribution in [0, 0.1) is 5.82 Å². The summed E-state index contributed by atoms with van der Waals surface area (Å²) in [5, 5.41) is 0. The molecule has 0 saturated carbocycles. The highest BCUT2D eigenvalue weighted by Crippen LogP contribution is 2.18. The van der Waals surface area contributed by atoms with E-state index in [9.17, 15) is 26.0 Å². The molecule has 0 spiro atoms. The summed E-state index contributed by atoms with van der Waals surface area (Å²) in [6, 6.07) is 3.42. The first kappa shape index (κ1) is 17.8. The molecule has 0 amide bonds. The van der Waals surface area contributed by atoms with Crippen LogP contribution in [0.3, 0.4) is 0 Å². The molecular weight excluding hydrogens is 316 g/mol. The SMILES string of the molecule is NCc1c(F)cccc1S(=O)(=O)NCCOCC(F)(F)F. The molecule has 0 atom stereocenters. The van der Waals surface area contributed by atoms with E-state index in [2.05, 4.69) is 4.74 Å². The molecule has 1 aromatic carbocycles. The van der Waals surface area contributed by atoms with Crippen molar-refractivity contribution in [2.75, 3.05) is 19.8 Å². The summed E-state index contributed by atoms with van der Waals surface area (Å²) in [4.78, 5) is -0.346. The van der Waals surface area contributed by atoms with E-state index < -0.39 is 35.2 Å². The van der Waals surface area contributed by atoms with E-state index in [0.717, 1.165) is 12.1 Å². The standard InChI is InChI=1S/C11H14F4N2O3S/c12-9-2-1-3-10(8(9)6-16)21(18,19)17-4-5-20-7-11(13,14)15/h1-3,17H,4-7,16H2. The van der Waals surface area contributed by atoms with Crippen molar-refractivity contribution in [3.63, 3.8) is 0 Å². The Hall–Kier alpha value is -1.23. The number of ether oxygens (including phenoxy) is 1. The number of nitrogens with two attached hydrogens (primary N) is 1. The van der Waals surface area contributed by atoms with E-state index in [4.69, 9.17) is 5.73 Å². The Kier molecular flexibility index (Phi) is 6.08. The van der Waals surface area contributed by atoms with Crippen LogP contribution in [-0.2, 0) is 21.3 Å². The van der Waals surface area contributed by atoms with Crippen LogP contribution in [0.4, 0.5) is 17.6 Å². The molecule has 0 aliphatic carbocycles. The van der Waals surface area contributed by atoms with Crippen molar-refractivity contribution < 1.29 is 30.7 Å². The molecule has 0 aliphatic heterocycles. The van der Waals surface area contributed by atoms with Crippen molar-refractivity contribution in [1.82, 2.24) is 4.72 Å². The zero-order valence-electron chi connectivity index (χ0n) is 10.8. The van der Waals surface area contributed by atoms with Crippen LogP contribution < -0.4 is 10.5 Å². The van der Waals surface area contributed by atoms with Crippen molar-refractivity contribution in [2.24, 2.45) is 5.73 Å². The van der Waals surface area contributed by atoms with E-state index in [0.29, 0.717) is 0 Å². The summed E-state index contributed by atoms with van der Waals surface area (Å²) in [7, 11) is -4.07. The molecule has 0 fully saturated rings. The maximum Gasteiger partial charge on any atom is 0.411 e. The molecule has 0 unspecified atom stereocenters. The van der Waals surface area contributed by atoms with Gasteiger partial charge >= 0.3 is 6.18 Å². The van der Waals surface area contributed by atoms with Gasteiger partial charge in [0.2, 0.25) is 10.0 Å². The lowest BCUT2D eigenvalue weighted by atomic mass is 10.2. The third-order valence-electron chi connectivity index (χ3n) is 2.37. The molecule has 5 nitrogen and oxygen atoms in total. The first-order valence-electron chi connectivity index (χ1n) is 5.79. The summed E-state index contributed by atoms with van der Waals surface area (Å²) in [6.07, 6.45) is -4.48.